The molecule has 1 unspecified atom stereocenters. The average molecular weight is 496 g/mol. The summed E-state index contributed by atoms with van der Waals surface area (Å²) in [5.41, 5.74) is 0.857. The van der Waals surface area contributed by atoms with Crippen molar-refractivity contribution >= 4 is 23.8 Å². The van der Waals surface area contributed by atoms with E-state index in [1.165, 1.54) is 17.0 Å². The molecule has 1 aliphatic heterocycles. The largest absolute Gasteiger partial charge is 0.417 e. The quantitative estimate of drug-likeness (QED) is 0.408. The lowest BCUT2D eigenvalue weighted by atomic mass is 10.0. The highest BCUT2D eigenvalue weighted by molar-refractivity contribution is 6.06. The molecule has 1 fully saturated rings. The third kappa shape index (κ3) is 5.46. The lowest BCUT2D eigenvalue weighted by Gasteiger charge is -2.37. The van der Waals surface area contributed by atoms with E-state index in [4.69, 9.17) is 0 Å². The number of carbonyl (C=O) groups excluding carboxylic acids is 3. The van der Waals surface area contributed by atoms with Crippen molar-refractivity contribution in [3.63, 3.8) is 0 Å². The molecule has 3 aromatic rings. The van der Waals surface area contributed by atoms with Crippen LogP contribution in [0.5, 0.6) is 0 Å². The molecule has 1 atom stereocenters. The lowest BCUT2D eigenvalue weighted by Crippen LogP contribution is -2.55. The molecule has 0 spiro atoms. The fourth-order valence-corrected chi connectivity index (χ4v) is 4.27. The van der Waals surface area contributed by atoms with Crippen LogP contribution in [0.3, 0.4) is 0 Å². The van der Waals surface area contributed by atoms with Gasteiger partial charge in [0.2, 0.25) is 5.91 Å². The molecule has 1 aliphatic rings. The normalized spacial score (nSPS) is 15.2. The average Bonchev–Trinajstić information content (AvgIpc) is 2.89. The fraction of sp³-hybridized carbons (Fsp3) is 0.222. The topological polar surface area (TPSA) is 69.7 Å². The molecule has 186 valence electrons. The summed E-state index contributed by atoms with van der Waals surface area (Å²) < 4.78 is 40.0. The highest BCUT2D eigenvalue weighted by Crippen LogP contribution is 2.32. The molecule has 1 heterocycles. The van der Waals surface area contributed by atoms with E-state index in [-0.39, 0.29) is 26.2 Å². The molecule has 0 aromatic heterocycles. The Bertz CT molecular complexity index is 1240. The second-order valence-corrected chi connectivity index (χ2v) is 8.35. The summed E-state index contributed by atoms with van der Waals surface area (Å²) >= 11 is 0. The summed E-state index contributed by atoms with van der Waals surface area (Å²) in [6.07, 6.45) is -4.11. The van der Waals surface area contributed by atoms with Gasteiger partial charge in [-0.15, -0.1) is 0 Å². The zero-order chi connectivity index (χ0) is 25.7. The van der Waals surface area contributed by atoms with Gasteiger partial charge in [-0.1, -0.05) is 60.7 Å². The van der Waals surface area contributed by atoms with Gasteiger partial charge < -0.3 is 15.0 Å². The van der Waals surface area contributed by atoms with Crippen LogP contribution in [-0.2, 0) is 15.8 Å². The Kier molecular flexibility index (Phi) is 7.49. The van der Waals surface area contributed by atoms with Crippen molar-refractivity contribution in [2.24, 2.45) is 0 Å². The zero-order valence-corrected chi connectivity index (χ0v) is 19.2. The molecule has 9 heteroatoms. The molecular weight excluding hydrogens is 471 g/mol. The lowest BCUT2D eigenvalue weighted by molar-refractivity contribution is -0.138. The summed E-state index contributed by atoms with van der Waals surface area (Å²) in [5, 5.41) is 2.82. The van der Waals surface area contributed by atoms with Gasteiger partial charge in [0.1, 0.15) is 12.3 Å². The van der Waals surface area contributed by atoms with Crippen molar-refractivity contribution in [2.45, 2.75) is 12.2 Å². The number of para-hydroxylation sites is 1. The number of hydrogen-bond donors (Lipinski definition) is 1. The van der Waals surface area contributed by atoms with Gasteiger partial charge in [0, 0.05) is 37.4 Å². The van der Waals surface area contributed by atoms with Gasteiger partial charge in [0.05, 0.1) is 11.1 Å². The van der Waals surface area contributed by atoms with Gasteiger partial charge >= 0.3 is 6.18 Å². The third-order valence-electron chi connectivity index (χ3n) is 6.12. The van der Waals surface area contributed by atoms with E-state index < -0.39 is 35.2 Å². The summed E-state index contributed by atoms with van der Waals surface area (Å²) in [5.74, 6) is -1.25. The Balaban J connectivity index is 1.43. The molecule has 1 saturated heterocycles. The van der Waals surface area contributed by atoms with Crippen LogP contribution in [0.25, 0.3) is 11.1 Å². The molecule has 6 nitrogen and oxygen atoms in total. The van der Waals surface area contributed by atoms with Gasteiger partial charge in [-0.3, -0.25) is 14.5 Å². The summed E-state index contributed by atoms with van der Waals surface area (Å²) in [4.78, 5) is 40.7. The van der Waals surface area contributed by atoms with Gasteiger partial charge in [0.15, 0.2) is 0 Å². The van der Waals surface area contributed by atoms with Crippen molar-refractivity contribution in [1.82, 2.24) is 9.80 Å². The number of nitrogens with one attached hydrogen (secondary N) is 1. The van der Waals surface area contributed by atoms with Gasteiger partial charge in [-0.2, -0.15) is 13.2 Å². The minimum Gasteiger partial charge on any atom is -0.336 e. The second-order valence-electron chi connectivity index (χ2n) is 8.35. The number of carbonyl (C=O) groups is 3. The number of hydrogen-bond acceptors (Lipinski definition) is 4. The maximum Gasteiger partial charge on any atom is 0.417 e. The third-order valence-corrected chi connectivity index (χ3v) is 6.12. The van der Waals surface area contributed by atoms with Crippen LogP contribution in [0, 0.1) is 0 Å². The number of amides is 2. The number of nitrogens with zero attached hydrogens (tertiary/aromatic N) is 2. The SMILES string of the molecule is O=CC(C(=O)Nc1ccccc1-c1ccccc1)N1CCN(C(=O)c2ccccc2C(F)(F)F)CC1. The Morgan fingerprint density at radius 2 is 1.44 bits per heavy atom. The molecular formula is C27H24F3N3O3. The first kappa shape index (κ1) is 25.1. The van der Waals surface area contributed by atoms with E-state index in [1.807, 2.05) is 42.5 Å². The number of benzene rings is 3. The minimum absolute atomic E-state index is 0.0866. The van der Waals surface area contributed by atoms with Gasteiger partial charge in [0.25, 0.3) is 5.91 Å². The predicted octanol–water partition coefficient (Wildman–Crippen LogP) is 4.34. The van der Waals surface area contributed by atoms with Crippen LogP contribution in [0.15, 0.2) is 78.9 Å². The molecule has 1 N–H and O–H groups in total. The Labute approximate surface area is 206 Å². The molecule has 4 rings (SSSR count). The minimum atomic E-state index is -4.65. The first-order chi connectivity index (χ1) is 17.3. The van der Waals surface area contributed by atoms with E-state index in [2.05, 4.69) is 5.32 Å². The van der Waals surface area contributed by atoms with Crippen LogP contribution in [0.4, 0.5) is 18.9 Å². The summed E-state index contributed by atoms with van der Waals surface area (Å²) in [6.45, 7) is 0.501. The summed E-state index contributed by atoms with van der Waals surface area (Å²) in [6, 6.07) is 20.3. The number of rotatable bonds is 6. The molecule has 0 saturated carbocycles. The van der Waals surface area contributed by atoms with Crippen molar-refractivity contribution in [2.75, 3.05) is 31.5 Å². The van der Waals surface area contributed by atoms with Crippen LogP contribution in [-0.4, -0.2) is 60.1 Å². The Morgan fingerprint density at radius 3 is 2.11 bits per heavy atom. The number of piperazine rings is 1. The second kappa shape index (κ2) is 10.7. The first-order valence-corrected chi connectivity index (χ1v) is 11.4. The highest BCUT2D eigenvalue weighted by Gasteiger charge is 2.37. The molecule has 0 radical (unpaired) electrons. The number of aldehydes is 1. The number of anilines is 1. The Morgan fingerprint density at radius 1 is 0.833 bits per heavy atom. The van der Waals surface area contributed by atoms with Crippen LogP contribution in [0.2, 0.25) is 0 Å². The molecule has 2 amide bonds. The van der Waals surface area contributed by atoms with Crippen LogP contribution < -0.4 is 5.32 Å². The van der Waals surface area contributed by atoms with E-state index >= 15 is 0 Å². The fourth-order valence-electron chi connectivity index (χ4n) is 4.27. The Hall–Kier alpha value is -3.98. The molecule has 0 aliphatic carbocycles. The smallest absolute Gasteiger partial charge is 0.336 e. The van der Waals surface area contributed by atoms with Gasteiger partial charge in [-0.25, -0.2) is 0 Å². The first-order valence-electron chi connectivity index (χ1n) is 11.4. The predicted molar refractivity (Wildman–Crippen MR) is 129 cm³/mol. The molecule has 36 heavy (non-hydrogen) atoms. The number of halogens is 3. The van der Waals surface area contributed by atoms with E-state index in [9.17, 15) is 27.6 Å². The van der Waals surface area contributed by atoms with Crippen molar-refractivity contribution < 1.29 is 27.6 Å². The zero-order valence-electron chi connectivity index (χ0n) is 19.2. The maximum absolute atomic E-state index is 13.3. The van der Waals surface area contributed by atoms with E-state index in [0.29, 0.717) is 12.0 Å². The van der Waals surface area contributed by atoms with Gasteiger partial charge in [-0.05, 0) is 23.8 Å². The van der Waals surface area contributed by atoms with Crippen LogP contribution >= 0.6 is 0 Å². The molecule has 3 aromatic carbocycles. The van der Waals surface area contributed by atoms with Crippen molar-refractivity contribution in [3.8, 4) is 11.1 Å². The number of alkyl halides is 3. The maximum atomic E-state index is 13.3. The molecule has 0 bridgehead atoms. The van der Waals surface area contributed by atoms with Crippen LogP contribution in [0.1, 0.15) is 15.9 Å². The highest BCUT2D eigenvalue weighted by atomic mass is 19.4. The monoisotopic (exact) mass is 495 g/mol. The summed E-state index contributed by atoms with van der Waals surface area (Å²) in [7, 11) is 0. The van der Waals surface area contributed by atoms with E-state index in [1.54, 1.807) is 17.0 Å². The van der Waals surface area contributed by atoms with E-state index in [0.717, 1.165) is 23.3 Å². The standard InChI is InChI=1S/C27H24F3N3O3/c28-27(29,30)22-12-6-4-11-21(22)26(36)33-16-14-32(15-17-33)24(18-34)25(35)31-23-13-7-5-10-20(23)19-8-2-1-3-9-19/h1-13,18,24H,14-17H2,(H,31,35). The van der Waals surface area contributed by atoms with Crippen molar-refractivity contribution in [3.05, 3.63) is 90.0 Å². The van der Waals surface area contributed by atoms with Crippen molar-refractivity contribution in [1.29, 1.82) is 0 Å².